The van der Waals surface area contributed by atoms with Crippen LogP contribution in [0.1, 0.15) is 24.8 Å². The van der Waals surface area contributed by atoms with Gasteiger partial charge in [0.25, 0.3) is 0 Å². The number of sulfone groups is 1. The maximum atomic E-state index is 12.2. The number of hydrogen-bond acceptors (Lipinski definition) is 3. The minimum Gasteiger partial charge on any atom is -0.315 e. The molecule has 5 heteroatoms. The molecule has 2 atom stereocenters. The minimum absolute atomic E-state index is 0.00600. The standard InChI is InChI=1S/C14H20BrNO2S/c1-16-13(10-11-5-7-12(15)8-6-11)14-4-2-3-9-19(14,17)18/h5-8,13-14,16H,2-4,9-10H2,1H3. The highest BCUT2D eigenvalue weighted by molar-refractivity contribution is 9.10. The molecule has 1 aliphatic rings. The van der Waals surface area contributed by atoms with Crippen molar-refractivity contribution < 1.29 is 8.42 Å². The van der Waals surface area contributed by atoms with E-state index in [9.17, 15) is 8.42 Å². The Labute approximate surface area is 123 Å². The van der Waals surface area contributed by atoms with Crippen LogP contribution in [0.25, 0.3) is 0 Å². The van der Waals surface area contributed by atoms with Crippen molar-refractivity contribution in [2.75, 3.05) is 12.8 Å². The Morgan fingerprint density at radius 1 is 1.32 bits per heavy atom. The first-order chi connectivity index (χ1) is 9.03. The number of nitrogens with one attached hydrogen (secondary N) is 1. The molecule has 0 radical (unpaired) electrons. The third kappa shape index (κ3) is 3.80. The topological polar surface area (TPSA) is 46.2 Å². The molecule has 19 heavy (non-hydrogen) atoms. The normalized spacial score (nSPS) is 24.0. The lowest BCUT2D eigenvalue weighted by Crippen LogP contribution is -2.46. The van der Waals surface area contributed by atoms with Crippen LogP contribution in [0.3, 0.4) is 0 Å². The Morgan fingerprint density at radius 3 is 2.58 bits per heavy atom. The van der Waals surface area contributed by atoms with E-state index >= 15 is 0 Å². The van der Waals surface area contributed by atoms with E-state index in [0.29, 0.717) is 5.75 Å². The lowest BCUT2D eigenvalue weighted by Gasteiger charge is -2.30. The Kier molecular flexibility index (Phi) is 5.03. The van der Waals surface area contributed by atoms with E-state index < -0.39 is 9.84 Å². The SMILES string of the molecule is CNC(Cc1ccc(Br)cc1)C1CCCCS1(=O)=O. The molecule has 1 heterocycles. The van der Waals surface area contributed by atoms with Crippen molar-refractivity contribution in [3.63, 3.8) is 0 Å². The molecular formula is C14H20BrNO2S. The fourth-order valence-electron chi connectivity index (χ4n) is 2.72. The third-order valence-corrected chi connectivity index (χ3v) is 6.69. The minimum atomic E-state index is -2.93. The van der Waals surface area contributed by atoms with Crippen LogP contribution in [0.2, 0.25) is 0 Å². The highest BCUT2D eigenvalue weighted by Crippen LogP contribution is 2.24. The van der Waals surface area contributed by atoms with Crippen LogP contribution in [0.15, 0.2) is 28.7 Å². The number of benzene rings is 1. The highest BCUT2D eigenvalue weighted by Gasteiger charge is 2.34. The summed E-state index contributed by atoms with van der Waals surface area (Å²) in [7, 11) is -1.08. The van der Waals surface area contributed by atoms with E-state index in [1.807, 2.05) is 31.3 Å². The molecule has 2 rings (SSSR count). The van der Waals surface area contributed by atoms with Crippen molar-refractivity contribution in [3.8, 4) is 0 Å². The van der Waals surface area contributed by atoms with Crippen molar-refractivity contribution in [3.05, 3.63) is 34.3 Å². The zero-order chi connectivity index (χ0) is 13.9. The van der Waals surface area contributed by atoms with Gasteiger partial charge >= 0.3 is 0 Å². The van der Waals surface area contributed by atoms with Crippen LogP contribution in [-0.4, -0.2) is 32.5 Å². The van der Waals surface area contributed by atoms with Crippen molar-refractivity contribution in [2.24, 2.45) is 0 Å². The predicted octanol–water partition coefficient (Wildman–Crippen LogP) is 2.55. The largest absolute Gasteiger partial charge is 0.315 e. The first kappa shape index (κ1) is 15.0. The van der Waals surface area contributed by atoms with E-state index in [-0.39, 0.29) is 11.3 Å². The molecular weight excluding hydrogens is 326 g/mol. The summed E-state index contributed by atoms with van der Waals surface area (Å²) in [4.78, 5) is 0. The molecule has 0 bridgehead atoms. The van der Waals surface area contributed by atoms with E-state index in [2.05, 4.69) is 21.2 Å². The molecule has 1 aliphatic heterocycles. The van der Waals surface area contributed by atoms with Crippen LogP contribution < -0.4 is 5.32 Å². The molecule has 1 fully saturated rings. The second-order valence-electron chi connectivity index (χ2n) is 5.13. The first-order valence-electron chi connectivity index (χ1n) is 6.66. The molecule has 0 saturated carbocycles. The molecule has 0 aromatic heterocycles. The first-order valence-corrected chi connectivity index (χ1v) is 9.17. The zero-order valence-corrected chi connectivity index (χ0v) is 13.5. The summed E-state index contributed by atoms with van der Waals surface area (Å²) < 4.78 is 25.4. The second kappa shape index (κ2) is 6.37. The Bertz CT molecular complexity index is 513. The molecule has 1 N–H and O–H groups in total. The average molecular weight is 346 g/mol. The fourth-order valence-corrected chi connectivity index (χ4v) is 5.16. The van der Waals surface area contributed by atoms with Crippen molar-refractivity contribution in [1.82, 2.24) is 5.32 Å². The molecule has 0 spiro atoms. The van der Waals surface area contributed by atoms with Crippen LogP contribution in [0, 0.1) is 0 Å². The Morgan fingerprint density at radius 2 is 2.00 bits per heavy atom. The summed E-state index contributed by atoms with van der Waals surface area (Å²) in [6.45, 7) is 0. The van der Waals surface area contributed by atoms with Crippen molar-refractivity contribution in [1.29, 1.82) is 0 Å². The molecule has 1 saturated heterocycles. The number of halogens is 1. The molecule has 3 nitrogen and oxygen atoms in total. The summed E-state index contributed by atoms with van der Waals surface area (Å²) in [6.07, 6.45) is 3.37. The average Bonchev–Trinajstić information content (AvgIpc) is 2.38. The van der Waals surface area contributed by atoms with Gasteiger partial charge in [-0.05, 0) is 44.0 Å². The maximum absolute atomic E-state index is 12.2. The molecule has 2 unspecified atom stereocenters. The van der Waals surface area contributed by atoms with Gasteiger partial charge in [-0.25, -0.2) is 8.42 Å². The predicted molar refractivity (Wildman–Crippen MR) is 82.1 cm³/mol. The van der Waals surface area contributed by atoms with Gasteiger partial charge in [0.15, 0.2) is 9.84 Å². The summed E-state index contributed by atoms with van der Waals surface area (Å²) >= 11 is 3.41. The molecule has 0 aliphatic carbocycles. The van der Waals surface area contributed by atoms with Gasteiger partial charge in [-0.15, -0.1) is 0 Å². The monoisotopic (exact) mass is 345 g/mol. The van der Waals surface area contributed by atoms with E-state index in [1.54, 1.807) is 0 Å². The maximum Gasteiger partial charge on any atom is 0.154 e. The van der Waals surface area contributed by atoms with E-state index in [0.717, 1.165) is 30.2 Å². The van der Waals surface area contributed by atoms with Gasteiger partial charge in [-0.3, -0.25) is 0 Å². The summed E-state index contributed by atoms with van der Waals surface area (Å²) in [6, 6.07) is 8.09. The van der Waals surface area contributed by atoms with Crippen LogP contribution in [-0.2, 0) is 16.3 Å². The summed E-state index contributed by atoms with van der Waals surface area (Å²) in [5, 5.41) is 2.96. The van der Waals surface area contributed by atoms with Crippen LogP contribution in [0.4, 0.5) is 0 Å². The van der Waals surface area contributed by atoms with Gasteiger partial charge in [0.1, 0.15) is 0 Å². The molecule has 0 amide bonds. The van der Waals surface area contributed by atoms with E-state index in [4.69, 9.17) is 0 Å². The molecule has 106 valence electrons. The zero-order valence-electron chi connectivity index (χ0n) is 11.1. The van der Waals surface area contributed by atoms with Gasteiger partial charge in [0, 0.05) is 10.5 Å². The summed E-state index contributed by atoms with van der Waals surface area (Å²) in [5.41, 5.74) is 1.17. The van der Waals surface area contributed by atoms with Gasteiger partial charge < -0.3 is 5.32 Å². The third-order valence-electron chi connectivity index (χ3n) is 3.82. The number of rotatable bonds is 4. The van der Waals surface area contributed by atoms with Crippen LogP contribution in [0.5, 0.6) is 0 Å². The quantitative estimate of drug-likeness (QED) is 0.911. The lowest BCUT2D eigenvalue weighted by molar-refractivity contribution is 0.456. The second-order valence-corrected chi connectivity index (χ2v) is 8.38. The Hall–Kier alpha value is -0.390. The molecule has 1 aromatic carbocycles. The smallest absolute Gasteiger partial charge is 0.154 e. The molecule has 1 aromatic rings. The van der Waals surface area contributed by atoms with Gasteiger partial charge in [0.05, 0.1) is 11.0 Å². The van der Waals surface area contributed by atoms with Gasteiger partial charge in [0.2, 0.25) is 0 Å². The van der Waals surface area contributed by atoms with Crippen molar-refractivity contribution in [2.45, 2.75) is 37.0 Å². The van der Waals surface area contributed by atoms with Crippen molar-refractivity contribution >= 4 is 25.8 Å². The summed E-state index contributed by atoms with van der Waals surface area (Å²) in [5.74, 6) is 0.343. The number of hydrogen-bond donors (Lipinski definition) is 1. The Balaban J connectivity index is 2.13. The number of likely N-dealkylation sites (N-methyl/N-ethyl adjacent to an activating group) is 1. The lowest BCUT2D eigenvalue weighted by atomic mass is 10.00. The fraction of sp³-hybridized carbons (Fsp3) is 0.571. The highest BCUT2D eigenvalue weighted by atomic mass is 79.9. The van der Waals surface area contributed by atoms with Gasteiger partial charge in [-0.1, -0.05) is 34.5 Å². The van der Waals surface area contributed by atoms with Crippen LogP contribution >= 0.6 is 15.9 Å². The van der Waals surface area contributed by atoms with Gasteiger partial charge in [-0.2, -0.15) is 0 Å². The van der Waals surface area contributed by atoms with E-state index in [1.165, 1.54) is 5.56 Å².